The standard InChI is InChI=1S/C16H18F3N3O2/c1-2-24-9-5-8-21-15(23)12(10-20)11-22-14-7-4-3-6-13(14)16(17,18)19/h3-4,6-7,11,22H,2,5,8-9H2,1H3,(H,21,23)/b12-11-. The van der Waals surface area contributed by atoms with Gasteiger partial charge in [0.1, 0.15) is 11.6 Å². The molecule has 8 heteroatoms. The van der Waals surface area contributed by atoms with Gasteiger partial charge in [0.25, 0.3) is 5.91 Å². The third kappa shape index (κ3) is 6.30. The van der Waals surface area contributed by atoms with E-state index >= 15 is 0 Å². The number of carbonyl (C=O) groups excluding carboxylic acids is 1. The van der Waals surface area contributed by atoms with E-state index < -0.39 is 17.6 Å². The lowest BCUT2D eigenvalue weighted by molar-refractivity contribution is -0.136. The van der Waals surface area contributed by atoms with Crippen molar-refractivity contribution in [3.8, 4) is 6.07 Å². The van der Waals surface area contributed by atoms with E-state index in [1.165, 1.54) is 18.2 Å². The molecule has 1 aromatic carbocycles. The maximum absolute atomic E-state index is 12.9. The van der Waals surface area contributed by atoms with Crippen LogP contribution in [0.25, 0.3) is 0 Å². The summed E-state index contributed by atoms with van der Waals surface area (Å²) in [5.74, 6) is -0.661. The fraction of sp³-hybridized carbons (Fsp3) is 0.375. The van der Waals surface area contributed by atoms with E-state index in [1.807, 2.05) is 6.92 Å². The molecule has 0 saturated heterocycles. The minimum Gasteiger partial charge on any atom is -0.382 e. The fourth-order valence-corrected chi connectivity index (χ4v) is 1.77. The van der Waals surface area contributed by atoms with Crippen LogP contribution in [0, 0.1) is 11.3 Å². The number of amides is 1. The summed E-state index contributed by atoms with van der Waals surface area (Å²) in [6.07, 6.45) is -3.00. The van der Waals surface area contributed by atoms with Gasteiger partial charge in [0.15, 0.2) is 0 Å². The number of para-hydroxylation sites is 1. The van der Waals surface area contributed by atoms with Gasteiger partial charge in [-0.05, 0) is 25.5 Å². The molecule has 130 valence electrons. The Kier molecular flexibility index (Phi) is 7.79. The number of nitriles is 1. The summed E-state index contributed by atoms with van der Waals surface area (Å²) in [4.78, 5) is 11.8. The third-order valence-corrected chi connectivity index (χ3v) is 2.92. The van der Waals surface area contributed by atoms with Gasteiger partial charge < -0.3 is 15.4 Å². The largest absolute Gasteiger partial charge is 0.418 e. The predicted molar refractivity (Wildman–Crippen MR) is 82.9 cm³/mol. The molecule has 0 radical (unpaired) electrons. The lowest BCUT2D eigenvalue weighted by atomic mass is 10.1. The second kappa shape index (κ2) is 9.57. The molecule has 0 spiro atoms. The average Bonchev–Trinajstić information content (AvgIpc) is 2.54. The molecule has 5 nitrogen and oxygen atoms in total. The van der Waals surface area contributed by atoms with Crippen molar-refractivity contribution in [3.63, 3.8) is 0 Å². The number of ether oxygens (including phenoxy) is 1. The van der Waals surface area contributed by atoms with Crippen molar-refractivity contribution in [2.24, 2.45) is 0 Å². The van der Waals surface area contributed by atoms with E-state index in [2.05, 4.69) is 10.6 Å². The van der Waals surface area contributed by atoms with E-state index in [1.54, 1.807) is 6.07 Å². The quantitative estimate of drug-likeness (QED) is 0.433. The van der Waals surface area contributed by atoms with Crippen molar-refractivity contribution in [1.82, 2.24) is 5.32 Å². The van der Waals surface area contributed by atoms with Gasteiger partial charge in [-0.15, -0.1) is 0 Å². The van der Waals surface area contributed by atoms with Crippen LogP contribution in [0.4, 0.5) is 18.9 Å². The molecular weight excluding hydrogens is 323 g/mol. The van der Waals surface area contributed by atoms with Gasteiger partial charge in [-0.1, -0.05) is 12.1 Å². The van der Waals surface area contributed by atoms with Gasteiger partial charge in [-0.2, -0.15) is 18.4 Å². The maximum atomic E-state index is 12.9. The van der Waals surface area contributed by atoms with Crippen molar-refractivity contribution in [2.45, 2.75) is 19.5 Å². The Morgan fingerprint density at radius 2 is 2.08 bits per heavy atom. The van der Waals surface area contributed by atoms with Crippen LogP contribution in [0.15, 0.2) is 36.0 Å². The number of nitrogens with zero attached hydrogens (tertiary/aromatic N) is 1. The monoisotopic (exact) mass is 341 g/mol. The van der Waals surface area contributed by atoms with E-state index in [9.17, 15) is 18.0 Å². The molecule has 1 rings (SSSR count). The van der Waals surface area contributed by atoms with Crippen molar-refractivity contribution >= 4 is 11.6 Å². The number of rotatable bonds is 8. The number of anilines is 1. The van der Waals surface area contributed by atoms with Gasteiger partial charge in [0.05, 0.1) is 11.3 Å². The highest BCUT2D eigenvalue weighted by Crippen LogP contribution is 2.34. The Hall–Kier alpha value is -2.53. The molecule has 0 aliphatic heterocycles. The van der Waals surface area contributed by atoms with Gasteiger partial charge in [-0.3, -0.25) is 4.79 Å². The minimum atomic E-state index is -4.54. The number of hydrogen-bond donors (Lipinski definition) is 2. The highest BCUT2D eigenvalue weighted by atomic mass is 19.4. The Bertz CT molecular complexity index is 622. The SMILES string of the molecule is CCOCCCNC(=O)/C(C#N)=C\Nc1ccccc1C(F)(F)F. The Morgan fingerprint density at radius 3 is 2.71 bits per heavy atom. The second-order valence-corrected chi connectivity index (χ2v) is 4.66. The van der Waals surface area contributed by atoms with Crippen LogP contribution in [0.2, 0.25) is 0 Å². The number of hydrogen-bond acceptors (Lipinski definition) is 4. The predicted octanol–water partition coefficient (Wildman–Crippen LogP) is 3.07. The first-order valence-electron chi connectivity index (χ1n) is 7.29. The Labute approximate surface area is 138 Å². The number of carbonyl (C=O) groups is 1. The molecule has 2 N–H and O–H groups in total. The first kappa shape index (κ1) is 19.5. The molecule has 0 atom stereocenters. The molecule has 0 aliphatic rings. The molecule has 0 aliphatic carbocycles. The van der Waals surface area contributed by atoms with Crippen LogP contribution in [0.1, 0.15) is 18.9 Å². The van der Waals surface area contributed by atoms with Crippen molar-refractivity contribution in [1.29, 1.82) is 5.26 Å². The molecule has 0 fully saturated rings. The summed E-state index contributed by atoms with van der Waals surface area (Å²) in [5, 5.41) is 13.9. The first-order valence-corrected chi connectivity index (χ1v) is 7.29. The van der Waals surface area contributed by atoms with Crippen LogP contribution in [-0.4, -0.2) is 25.7 Å². The van der Waals surface area contributed by atoms with Crippen molar-refractivity contribution in [2.75, 3.05) is 25.1 Å². The minimum absolute atomic E-state index is 0.234. The number of nitrogens with one attached hydrogen (secondary N) is 2. The lowest BCUT2D eigenvalue weighted by Gasteiger charge is -2.12. The molecular formula is C16H18F3N3O2. The summed E-state index contributed by atoms with van der Waals surface area (Å²) in [6, 6.07) is 6.47. The zero-order valence-corrected chi connectivity index (χ0v) is 13.1. The third-order valence-electron chi connectivity index (χ3n) is 2.92. The van der Waals surface area contributed by atoms with Crippen molar-refractivity contribution in [3.05, 3.63) is 41.6 Å². The fourth-order valence-electron chi connectivity index (χ4n) is 1.77. The highest BCUT2D eigenvalue weighted by Gasteiger charge is 2.33. The van der Waals surface area contributed by atoms with Crippen LogP contribution < -0.4 is 10.6 Å². The molecule has 0 aromatic heterocycles. The van der Waals surface area contributed by atoms with E-state index in [0.29, 0.717) is 26.2 Å². The van der Waals surface area contributed by atoms with Crippen LogP contribution in [0.5, 0.6) is 0 Å². The zero-order valence-electron chi connectivity index (χ0n) is 13.1. The number of benzene rings is 1. The number of halogens is 3. The number of alkyl halides is 3. The van der Waals surface area contributed by atoms with E-state index in [4.69, 9.17) is 10.00 Å². The normalized spacial score (nSPS) is 11.7. The molecule has 0 saturated carbocycles. The Balaban J connectivity index is 2.70. The zero-order chi connectivity index (χ0) is 18.0. The maximum Gasteiger partial charge on any atom is 0.418 e. The van der Waals surface area contributed by atoms with Crippen LogP contribution >= 0.6 is 0 Å². The second-order valence-electron chi connectivity index (χ2n) is 4.66. The molecule has 0 unspecified atom stereocenters. The van der Waals surface area contributed by atoms with Gasteiger partial charge >= 0.3 is 6.18 Å². The average molecular weight is 341 g/mol. The summed E-state index contributed by atoms with van der Waals surface area (Å²) in [5.41, 5.74) is -1.43. The summed E-state index contributed by atoms with van der Waals surface area (Å²) < 4.78 is 43.7. The summed E-state index contributed by atoms with van der Waals surface area (Å²) in [6.45, 7) is 3.19. The highest BCUT2D eigenvalue weighted by molar-refractivity contribution is 5.97. The smallest absolute Gasteiger partial charge is 0.382 e. The van der Waals surface area contributed by atoms with Crippen molar-refractivity contribution < 1.29 is 22.7 Å². The first-order chi connectivity index (χ1) is 11.4. The van der Waals surface area contributed by atoms with E-state index in [0.717, 1.165) is 12.3 Å². The van der Waals surface area contributed by atoms with Gasteiger partial charge in [-0.25, -0.2) is 0 Å². The lowest BCUT2D eigenvalue weighted by Crippen LogP contribution is -2.26. The molecule has 1 aromatic rings. The Morgan fingerprint density at radius 1 is 1.38 bits per heavy atom. The van der Waals surface area contributed by atoms with E-state index in [-0.39, 0.29) is 11.3 Å². The van der Waals surface area contributed by atoms with Gasteiger partial charge in [0, 0.05) is 26.0 Å². The molecule has 0 heterocycles. The summed E-state index contributed by atoms with van der Waals surface area (Å²) in [7, 11) is 0. The topological polar surface area (TPSA) is 74.1 Å². The van der Waals surface area contributed by atoms with Crippen LogP contribution in [0.3, 0.4) is 0 Å². The van der Waals surface area contributed by atoms with Crippen LogP contribution in [-0.2, 0) is 15.7 Å². The molecule has 0 bridgehead atoms. The molecule has 1 amide bonds. The van der Waals surface area contributed by atoms with Gasteiger partial charge in [0.2, 0.25) is 0 Å². The molecule has 24 heavy (non-hydrogen) atoms. The summed E-state index contributed by atoms with van der Waals surface area (Å²) >= 11 is 0.